The molecule has 2 heteroatoms. The minimum Gasteiger partial charge on any atom is -0.390 e. The van der Waals surface area contributed by atoms with Crippen LogP contribution < -0.4 is 0 Å². The summed E-state index contributed by atoms with van der Waals surface area (Å²) in [7, 11) is 0. The zero-order valence-electron chi connectivity index (χ0n) is 6.45. The number of rotatable bonds is 0. The van der Waals surface area contributed by atoms with Gasteiger partial charge in [0.25, 0.3) is 0 Å². The van der Waals surface area contributed by atoms with E-state index in [4.69, 9.17) is 0 Å². The molecule has 0 saturated heterocycles. The van der Waals surface area contributed by atoms with Gasteiger partial charge in [0, 0.05) is 0 Å². The van der Waals surface area contributed by atoms with Crippen molar-refractivity contribution >= 4 is 0 Å². The molecule has 0 aliphatic heterocycles. The molecule has 0 spiro atoms. The SMILES string of the molecule is CC1CCC(O)[C@H](O)CC1. The van der Waals surface area contributed by atoms with Crippen molar-refractivity contribution in [3.8, 4) is 0 Å². The summed E-state index contributed by atoms with van der Waals surface area (Å²) in [6.45, 7) is 2.17. The Labute approximate surface area is 61.9 Å². The monoisotopic (exact) mass is 144 g/mol. The van der Waals surface area contributed by atoms with Gasteiger partial charge in [-0.15, -0.1) is 0 Å². The van der Waals surface area contributed by atoms with Crippen LogP contribution in [0.15, 0.2) is 0 Å². The van der Waals surface area contributed by atoms with Gasteiger partial charge in [-0.25, -0.2) is 0 Å². The molecule has 1 fully saturated rings. The number of aliphatic hydroxyl groups is 2. The van der Waals surface area contributed by atoms with Gasteiger partial charge in [-0.3, -0.25) is 0 Å². The van der Waals surface area contributed by atoms with Crippen molar-refractivity contribution in [1.29, 1.82) is 0 Å². The fourth-order valence-corrected chi connectivity index (χ4v) is 1.44. The Bertz CT molecular complexity index is 91.4. The Kier molecular flexibility index (Phi) is 2.69. The molecule has 1 aliphatic rings. The molecule has 0 aromatic heterocycles. The van der Waals surface area contributed by atoms with Crippen LogP contribution >= 0.6 is 0 Å². The summed E-state index contributed by atoms with van der Waals surface area (Å²) in [4.78, 5) is 0. The second-order valence-corrected chi connectivity index (χ2v) is 3.39. The average molecular weight is 144 g/mol. The maximum absolute atomic E-state index is 9.23. The van der Waals surface area contributed by atoms with Gasteiger partial charge < -0.3 is 10.2 Å². The minimum absolute atomic E-state index is 0.468. The van der Waals surface area contributed by atoms with Crippen molar-refractivity contribution in [2.45, 2.75) is 44.8 Å². The lowest BCUT2D eigenvalue weighted by molar-refractivity contribution is 0.0157. The molecule has 0 aromatic rings. The van der Waals surface area contributed by atoms with E-state index < -0.39 is 12.2 Å². The molecule has 60 valence electrons. The van der Waals surface area contributed by atoms with E-state index in [1.807, 2.05) is 0 Å². The maximum atomic E-state index is 9.23. The van der Waals surface area contributed by atoms with Crippen LogP contribution in [0.4, 0.5) is 0 Å². The van der Waals surface area contributed by atoms with Crippen LogP contribution in [0, 0.1) is 5.92 Å². The summed E-state index contributed by atoms with van der Waals surface area (Å²) in [6.07, 6.45) is 2.70. The zero-order valence-corrected chi connectivity index (χ0v) is 6.45. The van der Waals surface area contributed by atoms with Gasteiger partial charge in [-0.1, -0.05) is 6.92 Å². The van der Waals surface area contributed by atoms with Crippen molar-refractivity contribution in [2.75, 3.05) is 0 Å². The van der Waals surface area contributed by atoms with Crippen LogP contribution in [-0.4, -0.2) is 22.4 Å². The highest BCUT2D eigenvalue weighted by molar-refractivity contribution is 4.73. The summed E-state index contributed by atoms with van der Waals surface area (Å²) in [5, 5.41) is 18.5. The standard InChI is InChI=1S/C8H16O2/c1-6-2-4-7(9)8(10)5-3-6/h6-10H,2-5H2,1H3/t6?,7-,8?/m1/s1. The van der Waals surface area contributed by atoms with E-state index in [1.165, 1.54) is 0 Å². The third kappa shape index (κ3) is 1.96. The summed E-state index contributed by atoms with van der Waals surface area (Å²) in [6, 6.07) is 0. The molecule has 0 heterocycles. The molecule has 10 heavy (non-hydrogen) atoms. The lowest BCUT2D eigenvalue weighted by Gasteiger charge is -2.12. The van der Waals surface area contributed by atoms with Crippen molar-refractivity contribution in [1.82, 2.24) is 0 Å². The fraction of sp³-hybridized carbons (Fsp3) is 1.00. The highest BCUT2D eigenvalue weighted by atomic mass is 16.3. The van der Waals surface area contributed by atoms with Crippen LogP contribution in [-0.2, 0) is 0 Å². The Morgan fingerprint density at radius 2 is 1.30 bits per heavy atom. The number of aliphatic hydroxyl groups excluding tert-OH is 2. The summed E-state index contributed by atoms with van der Waals surface area (Å²) >= 11 is 0. The first-order valence-electron chi connectivity index (χ1n) is 4.06. The Morgan fingerprint density at radius 1 is 0.900 bits per heavy atom. The number of hydrogen-bond acceptors (Lipinski definition) is 2. The largest absolute Gasteiger partial charge is 0.390 e. The maximum Gasteiger partial charge on any atom is 0.0799 e. The van der Waals surface area contributed by atoms with Crippen LogP contribution in [0.3, 0.4) is 0 Å². The fourth-order valence-electron chi connectivity index (χ4n) is 1.44. The molecular weight excluding hydrogens is 128 g/mol. The van der Waals surface area contributed by atoms with Crippen molar-refractivity contribution in [2.24, 2.45) is 5.92 Å². The molecule has 0 radical (unpaired) electrons. The Morgan fingerprint density at radius 3 is 1.70 bits per heavy atom. The molecule has 0 aromatic carbocycles. The minimum atomic E-state index is -0.468. The van der Waals surface area contributed by atoms with E-state index in [2.05, 4.69) is 6.92 Å². The molecule has 0 bridgehead atoms. The van der Waals surface area contributed by atoms with E-state index in [9.17, 15) is 10.2 Å². The average Bonchev–Trinajstić information content (AvgIpc) is 2.04. The molecule has 0 amide bonds. The second-order valence-electron chi connectivity index (χ2n) is 3.39. The van der Waals surface area contributed by atoms with Crippen molar-refractivity contribution < 1.29 is 10.2 Å². The van der Waals surface area contributed by atoms with Gasteiger partial charge >= 0.3 is 0 Å². The van der Waals surface area contributed by atoms with Gasteiger partial charge in [-0.2, -0.15) is 0 Å². The summed E-state index contributed by atoms with van der Waals surface area (Å²) in [5.41, 5.74) is 0. The quantitative estimate of drug-likeness (QED) is 0.496. The van der Waals surface area contributed by atoms with E-state index in [1.54, 1.807) is 0 Å². The van der Waals surface area contributed by atoms with E-state index in [0.29, 0.717) is 5.92 Å². The van der Waals surface area contributed by atoms with Gasteiger partial charge in [0.1, 0.15) is 0 Å². The van der Waals surface area contributed by atoms with Crippen molar-refractivity contribution in [3.63, 3.8) is 0 Å². The van der Waals surface area contributed by atoms with Gasteiger partial charge in [-0.05, 0) is 31.6 Å². The molecule has 2 N–H and O–H groups in total. The predicted molar refractivity (Wildman–Crippen MR) is 39.6 cm³/mol. The summed E-state index contributed by atoms with van der Waals surface area (Å²) < 4.78 is 0. The Hall–Kier alpha value is -0.0800. The second kappa shape index (κ2) is 3.35. The molecule has 1 aliphatic carbocycles. The van der Waals surface area contributed by atoms with Gasteiger partial charge in [0.15, 0.2) is 0 Å². The normalized spacial score (nSPS) is 42.9. The van der Waals surface area contributed by atoms with E-state index >= 15 is 0 Å². The van der Waals surface area contributed by atoms with E-state index in [0.717, 1.165) is 25.7 Å². The third-order valence-corrected chi connectivity index (χ3v) is 2.35. The molecule has 1 rings (SSSR count). The number of hydrogen-bond donors (Lipinski definition) is 2. The topological polar surface area (TPSA) is 40.5 Å². The lowest BCUT2D eigenvalue weighted by Crippen LogP contribution is -2.23. The first kappa shape index (κ1) is 8.02. The zero-order chi connectivity index (χ0) is 7.56. The summed E-state index contributed by atoms with van der Waals surface area (Å²) in [5.74, 6) is 0.673. The highest BCUT2D eigenvalue weighted by Crippen LogP contribution is 2.22. The Balaban J connectivity index is 2.38. The smallest absolute Gasteiger partial charge is 0.0799 e. The molecular formula is C8H16O2. The first-order chi connectivity index (χ1) is 4.70. The van der Waals surface area contributed by atoms with Crippen LogP contribution in [0.2, 0.25) is 0 Å². The molecule has 1 saturated carbocycles. The highest BCUT2D eigenvalue weighted by Gasteiger charge is 2.21. The van der Waals surface area contributed by atoms with Crippen LogP contribution in [0.25, 0.3) is 0 Å². The first-order valence-corrected chi connectivity index (χ1v) is 4.06. The molecule has 2 unspecified atom stereocenters. The molecule has 2 nitrogen and oxygen atoms in total. The predicted octanol–water partition coefficient (Wildman–Crippen LogP) is 0.918. The van der Waals surface area contributed by atoms with Gasteiger partial charge in [0.2, 0.25) is 0 Å². The van der Waals surface area contributed by atoms with Crippen LogP contribution in [0.1, 0.15) is 32.6 Å². The third-order valence-electron chi connectivity index (χ3n) is 2.35. The molecule has 3 atom stereocenters. The lowest BCUT2D eigenvalue weighted by atomic mass is 10.0. The van der Waals surface area contributed by atoms with Crippen LogP contribution in [0.5, 0.6) is 0 Å². The van der Waals surface area contributed by atoms with Crippen molar-refractivity contribution in [3.05, 3.63) is 0 Å². The van der Waals surface area contributed by atoms with Gasteiger partial charge in [0.05, 0.1) is 12.2 Å². The van der Waals surface area contributed by atoms with E-state index in [-0.39, 0.29) is 0 Å².